The van der Waals surface area contributed by atoms with Crippen LogP contribution in [0.3, 0.4) is 0 Å². The molecule has 1 N–H and O–H groups in total. The minimum Gasteiger partial charge on any atom is -0.487 e. The normalized spacial score (nSPS) is 25.3. The van der Waals surface area contributed by atoms with E-state index in [1.807, 2.05) is 7.05 Å². The van der Waals surface area contributed by atoms with Gasteiger partial charge in [-0.1, -0.05) is 6.07 Å². The van der Waals surface area contributed by atoms with E-state index in [-0.39, 0.29) is 24.1 Å². The van der Waals surface area contributed by atoms with E-state index >= 15 is 0 Å². The summed E-state index contributed by atoms with van der Waals surface area (Å²) in [5.41, 5.74) is 0.618. The molecule has 0 aromatic heterocycles. The van der Waals surface area contributed by atoms with E-state index in [1.165, 1.54) is 6.07 Å². The van der Waals surface area contributed by atoms with Crippen LogP contribution >= 0.6 is 0 Å². The molecule has 0 saturated heterocycles. The topological polar surface area (TPSA) is 39.7 Å². The number of hydrogen-bond donors (Lipinski definition) is 1. The summed E-state index contributed by atoms with van der Waals surface area (Å²) in [6.45, 7) is 2.82. The second kappa shape index (κ2) is 7.02. The first-order valence-electron chi connectivity index (χ1n) is 6.86. The third-order valence-electron chi connectivity index (χ3n) is 3.65. The van der Waals surface area contributed by atoms with Crippen molar-refractivity contribution in [3.63, 3.8) is 0 Å². The van der Waals surface area contributed by atoms with Crippen molar-refractivity contribution < 1.29 is 18.6 Å². The molecule has 0 bridgehead atoms. The maximum atomic E-state index is 13.5. The zero-order valence-corrected chi connectivity index (χ0v) is 12.2. The van der Waals surface area contributed by atoms with Crippen LogP contribution in [0.5, 0.6) is 5.75 Å². The van der Waals surface area contributed by atoms with Crippen LogP contribution in [0, 0.1) is 12.7 Å². The molecule has 0 aliphatic heterocycles. The molecule has 1 aromatic rings. The lowest BCUT2D eigenvalue weighted by Gasteiger charge is -2.43. The minimum atomic E-state index is -0.246. The third-order valence-corrected chi connectivity index (χ3v) is 3.65. The number of likely N-dealkylation sites (N-methyl/N-ethyl adjacent to an activating group) is 1. The zero-order chi connectivity index (χ0) is 14.5. The molecule has 112 valence electrons. The molecule has 1 saturated carbocycles. The zero-order valence-electron chi connectivity index (χ0n) is 12.2. The number of aryl methyl sites for hydroxylation is 1. The quantitative estimate of drug-likeness (QED) is 0.776. The van der Waals surface area contributed by atoms with Gasteiger partial charge in [0.25, 0.3) is 0 Å². The summed E-state index contributed by atoms with van der Waals surface area (Å²) in [4.78, 5) is 0. The van der Waals surface area contributed by atoms with Gasteiger partial charge < -0.3 is 19.5 Å². The first-order chi connectivity index (χ1) is 9.65. The number of benzene rings is 1. The molecule has 0 heterocycles. The fourth-order valence-electron chi connectivity index (χ4n) is 2.29. The highest BCUT2D eigenvalue weighted by atomic mass is 19.1. The Kier molecular flexibility index (Phi) is 5.34. The summed E-state index contributed by atoms with van der Waals surface area (Å²) in [7, 11) is 3.54. The number of ether oxygens (including phenoxy) is 3. The minimum absolute atomic E-state index is 0.0282. The molecule has 0 radical (unpaired) electrons. The Morgan fingerprint density at radius 3 is 2.80 bits per heavy atom. The second-order valence-corrected chi connectivity index (χ2v) is 5.03. The monoisotopic (exact) mass is 283 g/mol. The molecule has 3 atom stereocenters. The van der Waals surface area contributed by atoms with E-state index in [4.69, 9.17) is 14.2 Å². The summed E-state index contributed by atoms with van der Waals surface area (Å²) in [6, 6.07) is 5.21. The van der Waals surface area contributed by atoms with Gasteiger partial charge in [-0.05, 0) is 25.6 Å². The van der Waals surface area contributed by atoms with Gasteiger partial charge in [-0.25, -0.2) is 4.39 Å². The van der Waals surface area contributed by atoms with Crippen molar-refractivity contribution in [3.8, 4) is 5.75 Å². The Hall–Kier alpha value is -1.17. The highest BCUT2D eigenvalue weighted by molar-refractivity contribution is 5.28. The molecule has 0 amide bonds. The van der Waals surface area contributed by atoms with Crippen molar-refractivity contribution >= 4 is 0 Å². The molecule has 1 aliphatic rings. The van der Waals surface area contributed by atoms with Crippen molar-refractivity contribution in [2.45, 2.75) is 31.6 Å². The number of methoxy groups -OCH3 is 1. The summed E-state index contributed by atoms with van der Waals surface area (Å²) in [5, 5.41) is 3.19. The summed E-state index contributed by atoms with van der Waals surface area (Å²) in [5.74, 6) is 0.303. The van der Waals surface area contributed by atoms with E-state index in [0.717, 1.165) is 6.42 Å². The largest absolute Gasteiger partial charge is 0.487 e. The van der Waals surface area contributed by atoms with Gasteiger partial charge in [-0.15, -0.1) is 0 Å². The van der Waals surface area contributed by atoms with Crippen molar-refractivity contribution in [2.75, 3.05) is 27.4 Å². The Balaban J connectivity index is 1.92. The molecule has 5 heteroatoms. The van der Waals surface area contributed by atoms with Crippen LogP contribution in [-0.2, 0) is 9.47 Å². The molecular weight excluding hydrogens is 261 g/mol. The molecule has 0 spiro atoms. The predicted octanol–water partition coefficient (Wildman–Crippen LogP) is 1.90. The van der Waals surface area contributed by atoms with Crippen LogP contribution in [0.2, 0.25) is 0 Å². The third kappa shape index (κ3) is 3.48. The summed E-state index contributed by atoms with van der Waals surface area (Å²) in [6.07, 6.45) is 0.773. The van der Waals surface area contributed by atoms with Gasteiger partial charge in [0.05, 0.1) is 13.2 Å². The highest BCUT2D eigenvalue weighted by Crippen LogP contribution is 2.29. The molecular formula is C15H22FNO3. The van der Waals surface area contributed by atoms with Gasteiger partial charge >= 0.3 is 0 Å². The highest BCUT2D eigenvalue weighted by Gasteiger charge is 2.43. The fraction of sp³-hybridized carbons (Fsp3) is 0.600. The molecule has 20 heavy (non-hydrogen) atoms. The lowest BCUT2D eigenvalue weighted by molar-refractivity contribution is -0.114. The number of nitrogens with one attached hydrogen (secondary N) is 1. The van der Waals surface area contributed by atoms with Crippen LogP contribution in [0.25, 0.3) is 0 Å². The average Bonchev–Trinajstić information content (AvgIpc) is 2.43. The second-order valence-electron chi connectivity index (χ2n) is 5.03. The molecule has 4 nitrogen and oxygen atoms in total. The maximum Gasteiger partial charge on any atom is 0.129 e. The van der Waals surface area contributed by atoms with Crippen LogP contribution in [0.15, 0.2) is 18.2 Å². The van der Waals surface area contributed by atoms with Gasteiger partial charge in [0, 0.05) is 25.6 Å². The maximum absolute atomic E-state index is 13.5. The van der Waals surface area contributed by atoms with E-state index in [9.17, 15) is 4.39 Å². The summed E-state index contributed by atoms with van der Waals surface area (Å²) >= 11 is 0. The summed E-state index contributed by atoms with van der Waals surface area (Å²) < 4.78 is 30.0. The van der Waals surface area contributed by atoms with Crippen LogP contribution < -0.4 is 10.1 Å². The number of hydrogen-bond acceptors (Lipinski definition) is 4. The molecule has 1 fully saturated rings. The van der Waals surface area contributed by atoms with Gasteiger partial charge in [-0.2, -0.15) is 0 Å². The molecule has 1 aromatic carbocycles. The molecule has 3 unspecified atom stereocenters. The Bertz CT molecular complexity index is 441. The lowest BCUT2D eigenvalue weighted by Crippen LogP contribution is -2.60. The van der Waals surface area contributed by atoms with Gasteiger partial charge in [0.15, 0.2) is 0 Å². The fourth-order valence-corrected chi connectivity index (χ4v) is 2.29. The SMILES string of the molecule is CNC1CC(Oc2ccc(C)c(F)c2)C1OCCOC. The molecule has 2 rings (SSSR count). The van der Waals surface area contributed by atoms with Gasteiger partial charge in [0.1, 0.15) is 23.8 Å². The lowest BCUT2D eigenvalue weighted by atomic mass is 9.85. The number of rotatable bonds is 7. The van der Waals surface area contributed by atoms with E-state index < -0.39 is 0 Å². The van der Waals surface area contributed by atoms with E-state index in [2.05, 4.69) is 5.32 Å². The van der Waals surface area contributed by atoms with Gasteiger partial charge in [0.2, 0.25) is 0 Å². The first kappa shape index (κ1) is 15.2. The first-order valence-corrected chi connectivity index (χ1v) is 6.86. The Morgan fingerprint density at radius 2 is 2.15 bits per heavy atom. The van der Waals surface area contributed by atoms with Crippen molar-refractivity contribution in [1.82, 2.24) is 5.32 Å². The van der Waals surface area contributed by atoms with Crippen LogP contribution in [0.1, 0.15) is 12.0 Å². The Morgan fingerprint density at radius 1 is 1.35 bits per heavy atom. The van der Waals surface area contributed by atoms with Crippen molar-refractivity contribution in [3.05, 3.63) is 29.6 Å². The van der Waals surface area contributed by atoms with Crippen molar-refractivity contribution in [2.24, 2.45) is 0 Å². The number of halogens is 1. The van der Waals surface area contributed by atoms with Crippen LogP contribution in [-0.4, -0.2) is 45.6 Å². The smallest absolute Gasteiger partial charge is 0.129 e. The van der Waals surface area contributed by atoms with E-state index in [0.29, 0.717) is 24.5 Å². The van der Waals surface area contributed by atoms with Crippen LogP contribution in [0.4, 0.5) is 4.39 Å². The van der Waals surface area contributed by atoms with E-state index in [1.54, 1.807) is 26.2 Å². The standard InChI is InChI=1S/C15H22FNO3/c1-10-4-5-11(8-12(10)16)20-14-9-13(17-2)15(14)19-7-6-18-3/h4-5,8,13-15,17H,6-7,9H2,1-3H3. The average molecular weight is 283 g/mol. The predicted molar refractivity (Wildman–Crippen MR) is 74.6 cm³/mol. The van der Waals surface area contributed by atoms with Crippen molar-refractivity contribution in [1.29, 1.82) is 0 Å². The van der Waals surface area contributed by atoms with Gasteiger partial charge in [-0.3, -0.25) is 0 Å². The molecule has 1 aliphatic carbocycles. The Labute approximate surface area is 119 Å².